The van der Waals surface area contributed by atoms with E-state index in [1.54, 1.807) is 0 Å². The van der Waals surface area contributed by atoms with Crippen molar-refractivity contribution in [2.24, 2.45) is 0 Å². The van der Waals surface area contributed by atoms with Gasteiger partial charge in [-0.15, -0.1) is 5.10 Å². The molecule has 130 valence electrons. The van der Waals surface area contributed by atoms with E-state index in [1.165, 1.54) is 23.2 Å². The number of nitrogens with one attached hydrogen (secondary N) is 1. The molecular formula is C20H25N5. The molecule has 5 heteroatoms. The Morgan fingerprint density at radius 3 is 2.80 bits per heavy atom. The molecule has 0 fully saturated rings. The number of anilines is 2. The molecular weight excluding hydrogens is 310 g/mol. The van der Waals surface area contributed by atoms with Crippen LogP contribution in [-0.4, -0.2) is 23.8 Å². The monoisotopic (exact) mass is 335 g/mol. The number of nitrogens with zero attached hydrogens (tertiary/aromatic N) is 4. The summed E-state index contributed by atoms with van der Waals surface area (Å²) in [5.74, 6) is 0.589. The molecule has 0 radical (unpaired) electrons. The lowest BCUT2D eigenvalue weighted by Gasteiger charge is -2.27. The molecule has 0 bridgehead atoms. The zero-order valence-electron chi connectivity index (χ0n) is 15.3. The third kappa shape index (κ3) is 3.43. The van der Waals surface area contributed by atoms with E-state index in [1.807, 2.05) is 6.92 Å². The predicted molar refractivity (Wildman–Crippen MR) is 101 cm³/mol. The molecule has 1 aromatic heterocycles. The van der Waals surface area contributed by atoms with Crippen LogP contribution in [0.15, 0.2) is 18.2 Å². The topological polar surface area (TPSA) is 64.8 Å². The lowest BCUT2D eigenvalue weighted by atomic mass is 9.99. The summed E-state index contributed by atoms with van der Waals surface area (Å²) in [6, 6.07) is 8.91. The van der Waals surface area contributed by atoms with Crippen molar-refractivity contribution in [2.45, 2.75) is 46.1 Å². The van der Waals surface area contributed by atoms with Gasteiger partial charge in [-0.1, -0.05) is 26.0 Å². The Kier molecular flexibility index (Phi) is 5.18. The Bertz CT molecular complexity index is 806. The van der Waals surface area contributed by atoms with Gasteiger partial charge in [0, 0.05) is 25.8 Å². The second-order valence-corrected chi connectivity index (χ2v) is 6.51. The number of aromatic nitrogens is 2. The number of rotatable bonds is 5. The maximum atomic E-state index is 9.57. The van der Waals surface area contributed by atoms with Crippen LogP contribution in [0.3, 0.4) is 0 Å². The fraction of sp³-hybridized carbons (Fsp3) is 0.450. The molecule has 25 heavy (non-hydrogen) atoms. The summed E-state index contributed by atoms with van der Waals surface area (Å²) in [7, 11) is 2.15. The standard InChI is InChI=1S/C20H25N5/c1-4-16-17(12-21)20(24-23-18(16)5-2)22-13-14-8-9-19-15(11-14)7-6-10-25(19)3/h8-9,11H,4-7,10,13H2,1-3H3,(H,22,24). The molecule has 0 saturated heterocycles. The van der Waals surface area contributed by atoms with Gasteiger partial charge in [-0.2, -0.15) is 10.4 Å². The van der Waals surface area contributed by atoms with Crippen molar-refractivity contribution in [3.63, 3.8) is 0 Å². The molecule has 0 amide bonds. The molecule has 0 spiro atoms. The van der Waals surface area contributed by atoms with Crippen LogP contribution in [0.1, 0.15) is 48.2 Å². The van der Waals surface area contributed by atoms with Crippen molar-refractivity contribution in [1.82, 2.24) is 10.2 Å². The fourth-order valence-electron chi connectivity index (χ4n) is 3.55. The van der Waals surface area contributed by atoms with Gasteiger partial charge in [-0.25, -0.2) is 0 Å². The smallest absolute Gasteiger partial charge is 0.167 e. The maximum Gasteiger partial charge on any atom is 0.167 e. The molecule has 2 heterocycles. The van der Waals surface area contributed by atoms with Gasteiger partial charge in [0.2, 0.25) is 0 Å². The van der Waals surface area contributed by atoms with Crippen molar-refractivity contribution < 1.29 is 0 Å². The van der Waals surface area contributed by atoms with Gasteiger partial charge >= 0.3 is 0 Å². The Hall–Kier alpha value is -2.61. The van der Waals surface area contributed by atoms with Crippen molar-refractivity contribution in [2.75, 3.05) is 23.8 Å². The zero-order valence-corrected chi connectivity index (χ0v) is 15.3. The van der Waals surface area contributed by atoms with E-state index in [2.05, 4.69) is 58.7 Å². The van der Waals surface area contributed by atoms with Crippen LogP contribution < -0.4 is 10.2 Å². The molecule has 0 unspecified atom stereocenters. The number of benzene rings is 1. The Balaban J connectivity index is 1.81. The average molecular weight is 335 g/mol. The highest BCUT2D eigenvalue weighted by atomic mass is 15.2. The van der Waals surface area contributed by atoms with Crippen LogP contribution in [0, 0.1) is 11.3 Å². The van der Waals surface area contributed by atoms with Crippen molar-refractivity contribution >= 4 is 11.5 Å². The largest absolute Gasteiger partial charge is 0.374 e. The van der Waals surface area contributed by atoms with Gasteiger partial charge in [-0.05, 0) is 48.4 Å². The van der Waals surface area contributed by atoms with Crippen molar-refractivity contribution in [3.05, 3.63) is 46.1 Å². The van der Waals surface area contributed by atoms with Gasteiger partial charge in [0.15, 0.2) is 5.82 Å². The predicted octanol–water partition coefficient (Wildman–Crippen LogP) is 3.47. The van der Waals surface area contributed by atoms with Gasteiger partial charge in [0.05, 0.1) is 5.69 Å². The van der Waals surface area contributed by atoms with E-state index in [0.717, 1.165) is 37.1 Å². The molecule has 0 aliphatic carbocycles. The number of nitriles is 1. The summed E-state index contributed by atoms with van der Waals surface area (Å²) in [6.45, 7) is 5.87. The van der Waals surface area contributed by atoms with E-state index < -0.39 is 0 Å². The van der Waals surface area contributed by atoms with E-state index >= 15 is 0 Å². The average Bonchev–Trinajstić information content (AvgIpc) is 2.65. The van der Waals surface area contributed by atoms with E-state index in [9.17, 15) is 5.26 Å². The van der Waals surface area contributed by atoms with E-state index in [0.29, 0.717) is 17.9 Å². The lowest BCUT2D eigenvalue weighted by Crippen LogP contribution is -2.24. The fourth-order valence-corrected chi connectivity index (χ4v) is 3.55. The minimum Gasteiger partial charge on any atom is -0.374 e. The zero-order chi connectivity index (χ0) is 17.8. The normalized spacial score (nSPS) is 13.3. The number of aryl methyl sites for hydroxylation is 2. The Labute approximate surface area is 149 Å². The molecule has 2 aromatic rings. The first-order valence-corrected chi connectivity index (χ1v) is 9.03. The lowest BCUT2D eigenvalue weighted by molar-refractivity contribution is 0.743. The highest BCUT2D eigenvalue weighted by Gasteiger charge is 2.16. The highest BCUT2D eigenvalue weighted by molar-refractivity contribution is 5.58. The van der Waals surface area contributed by atoms with Crippen LogP contribution in [-0.2, 0) is 25.8 Å². The quantitative estimate of drug-likeness (QED) is 0.906. The minimum absolute atomic E-state index is 0.589. The first kappa shape index (κ1) is 17.2. The molecule has 1 aliphatic heterocycles. The van der Waals surface area contributed by atoms with Gasteiger partial charge in [0.1, 0.15) is 11.6 Å². The van der Waals surface area contributed by atoms with Crippen LogP contribution in [0.2, 0.25) is 0 Å². The van der Waals surface area contributed by atoms with Crippen LogP contribution >= 0.6 is 0 Å². The third-order valence-corrected chi connectivity index (χ3v) is 4.91. The van der Waals surface area contributed by atoms with E-state index in [-0.39, 0.29) is 0 Å². The molecule has 3 rings (SSSR count). The molecule has 5 nitrogen and oxygen atoms in total. The molecule has 0 atom stereocenters. The van der Waals surface area contributed by atoms with Crippen molar-refractivity contribution in [1.29, 1.82) is 5.26 Å². The summed E-state index contributed by atoms with van der Waals surface area (Å²) >= 11 is 0. The Morgan fingerprint density at radius 1 is 1.24 bits per heavy atom. The maximum absolute atomic E-state index is 9.57. The van der Waals surface area contributed by atoms with Crippen LogP contribution in [0.5, 0.6) is 0 Å². The number of fused-ring (bicyclic) bond motifs is 1. The Morgan fingerprint density at radius 2 is 2.08 bits per heavy atom. The number of hydrogen-bond acceptors (Lipinski definition) is 5. The second kappa shape index (κ2) is 7.52. The molecule has 1 N–H and O–H groups in total. The minimum atomic E-state index is 0.589. The van der Waals surface area contributed by atoms with E-state index in [4.69, 9.17) is 0 Å². The van der Waals surface area contributed by atoms with Gasteiger partial charge in [-0.3, -0.25) is 0 Å². The summed E-state index contributed by atoms with van der Waals surface area (Å²) in [5, 5.41) is 21.4. The third-order valence-electron chi connectivity index (χ3n) is 4.91. The van der Waals surface area contributed by atoms with Gasteiger partial charge in [0.25, 0.3) is 0 Å². The molecule has 1 aromatic carbocycles. The van der Waals surface area contributed by atoms with Crippen LogP contribution in [0.4, 0.5) is 11.5 Å². The second-order valence-electron chi connectivity index (χ2n) is 6.51. The first-order chi connectivity index (χ1) is 12.2. The molecule has 1 aliphatic rings. The summed E-state index contributed by atoms with van der Waals surface area (Å²) in [6.07, 6.45) is 3.91. The SMILES string of the molecule is CCc1nnc(NCc2ccc3c(c2)CCCN3C)c(C#N)c1CC. The van der Waals surface area contributed by atoms with Crippen LogP contribution in [0.25, 0.3) is 0 Å². The highest BCUT2D eigenvalue weighted by Crippen LogP contribution is 2.27. The van der Waals surface area contributed by atoms with Crippen molar-refractivity contribution in [3.8, 4) is 6.07 Å². The molecule has 0 saturated carbocycles. The van der Waals surface area contributed by atoms with Gasteiger partial charge < -0.3 is 10.2 Å². The summed E-state index contributed by atoms with van der Waals surface area (Å²) in [4.78, 5) is 2.31. The summed E-state index contributed by atoms with van der Waals surface area (Å²) < 4.78 is 0. The summed E-state index contributed by atoms with van der Waals surface area (Å²) in [5.41, 5.74) is 6.49. The first-order valence-electron chi connectivity index (χ1n) is 9.03. The number of hydrogen-bond donors (Lipinski definition) is 1.